The Bertz CT molecular complexity index is 922. The minimum atomic E-state index is -0.0522. The Morgan fingerprint density at radius 3 is 2.59 bits per heavy atom. The van der Waals surface area contributed by atoms with Gasteiger partial charge in [-0.3, -0.25) is 9.89 Å². The van der Waals surface area contributed by atoms with Crippen molar-refractivity contribution in [1.82, 2.24) is 20.8 Å². The first-order valence-corrected chi connectivity index (χ1v) is 9.71. The average Bonchev–Trinajstić information content (AvgIpc) is 3.28. The third-order valence-electron chi connectivity index (χ3n) is 5.04. The quantitative estimate of drug-likeness (QED) is 0.583. The van der Waals surface area contributed by atoms with E-state index in [1.807, 2.05) is 24.4 Å². The molecule has 1 aliphatic heterocycles. The van der Waals surface area contributed by atoms with Crippen molar-refractivity contribution in [2.45, 2.75) is 6.42 Å². The Balaban J connectivity index is 0.00000240. The number of carbonyl (C=O) groups is 1. The molecule has 1 aliphatic rings. The number of benzene rings is 2. The molecule has 7 heteroatoms. The standard InChI is InChI=1S/C22H25N5O.ClH/c28-22(24-8-7-17-15-25-26-16-17)20-5-1-3-18(13-20)19-4-2-6-21(14-19)27-11-9-23-10-12-27;/h1-6,13-16,23H,7-12H2,(H,24,28)(H,25,26);1H. The molecule has 2 aromatic carbocycles. The van der Waals surface area contributed by atoms with Crippen LogP contribution in [0.15, 0.2) is 60.9 Å². The lowest BCUT2D eigenvalue weighted by Crippen LogP contribution is -2.43. The van der Waals surface area contributed by atoms with Crippen LogP contribution in [0.4, 0.5) is 5.69 Å². The normalized spacial score (nSPS) is 13.6. The van der Waals surface area contributed by atoms with E-state index in [-0.39, 0.29) is 18.3 Å². The van der Waals surface area contributed by atoms with E-state index in [0.717, 1.165) is 49.3 Å². The monoisotopic (exact) mass is 411 g/mol. The number of nitrogens with zero attached hydrogens (tertiary/aromatic N) is 2. The number of piperazine rings is 1. The maximum atomic E-state index is 12.5. The fourth-order valence-corrected chi connectivity index (χ4v) is 3.48. The van der Waals surface area contributed by atoms with Gasteiger partial charge in [-0.15, -0.1) is 12.4 Å². The maximum absolute atomic E-state index is 12.5. The van der Waals surface area contributed by atoms with Crippen LogP contribution in [0, 0.1) is 0 Å². The molecule has 0 unspecified atom stereocenters. The Morgan fingerprint density at radius 2 is 1.83 bits per heavy atom. The van der Waals surface area contributed by atoms with E-state index in [1.165, 1.54) is 5.69 Å². The van der Waals surface area contributed by atoms with Gasteiger partial charge in [-0.2, -0.15) is 5.10 Å². The van der Waals surface area contributed by atoms with Crippen molar-refractivity contribution in [3.63, 3.8) is 0 Å². The zero-order valence-electron chi connectivity index (χ0n) is 16.2. The molecule has 1 fully saturated rings. The van der Waals surface area contributed by atoms with Gasteiger partial charge >= 0.3 is 0 Å². The van der Waals surface area contributed by atoms with Crippen molar-refractivity contribution in [1.29, 1.82) is 0 Å². The highest BCUT2D eigenvalue weighted by Gasteiger charge is 2.12. The van der Waals surface area contributed by atoms with Gasteiger partial charge in [0, 0.05) is 50.2 Å². The molecule has 29 heavy (non-hydrogen) atoms. The van der Waals surface area contributed by atoms with Gasteiger partial charge in [0.15, 0.2) is 0 Å². The molecule has 0 aliphatic carbocycles. The van der Waals surface area contributed by atoms with Crippen LogP contribution < -0.4 is 15.5 Å². The summed E-state index contributed by atoms with van der Waals surface area (Å²) in [6.07, 6.45) is 4.38. The summed E-state index contributed by atoms with van der Waals surface area (Å²) < 4.78 is 0. The van der Waals surface area contributed by atoms with E-state index in [2.05, 4.69) is 56.1 Å². The molecule has 0 spiro atoms. The number of rotatable bonds is 6. The second kappa shape index (κ2) is 10.1. The Labute approximate surface area is 177 Å². The van der Waals surface area contributed by atoms with Crippen LogP contribution in [0.25, 0.3) is 11.1 Å². The van der Waals surface area contributed by atoms with E-state index >= 15 is 0 Å². The van der Waals surface area contributed by atoms with Gasteiger partial charge in [0.1, 0.15) is 0 Å². The minimum absolute atomic E-state index is 0. The largest absolute Gasteiger partial charge is 0.369 e. The van der Waals surface area contributed by atoms with Crippen LogP contribution in [0.3, 0.4) is 0 Å². The molecule has 0 bridgehead atoms. The molecule has 3 N–H and O–H groups in total. The number of amides is 1. The highest BCUT2D eigenvalue weighted by atomic mass is 35.5. The van der Waals surface area contributed by atoms with Crippen molar-refractivity contribution in [3.05, 3.63) is 72.1 Å². The topological polar surface area (TPSA) is 73.0 Å². The van der Waals surface area contributed by atoms with E-state index in [4.69, 9.17) is 0 Å². The summed E-state index contributed by atoms with van der Waals surface area (Å²) in [5.74, 6) is -0.0522. The highest BCUT2D eigenvalue weighted by Crippen LogP contribution is 2.25. The Hall–Kier alpha value is -2.83. The molecular formula is C22H26ClN5O. The van der Waals surface area contributed by atoms with Crippen molar-refractivity contribution in [2.24, 2.45) is 0 Å². The molecule has 0 atom stereocenters. The maximum Gasteiger partial charge on any atom is 0.251 e. The zero-order chi connectivity index (χ0) is 19.2. The lowest BCUT2D eigenvalue weighted by atomic mass is 10.0. The third-order valence-corrected chi connectivity index (χ3v) is 5.04. The summed E-state index contributed by atoms with van der Waals surface area (Å²) in [6, 6.07) is 16.4. The van der Waals surface area contributed by atoms with Gasteiger partial charge in [-0.25, -0.2) is 0 Å². The summed E-state index contributed by atoms with van der Waals surface area (Å²) in [7, 11) is 0. The zero-order valence-corrected chi connectivity index (χ0v) is 17.0. The van der Waals surface area contributed by atoms with Crippen LogP contribution in [0.5, 0.6) is 0 Å². The van der Waals surface area contributed by atoms with Gasteiger partial charge in [-0.1, -0.05) is 24.3 Å². The van der Waals surface area contributed by atoms with Crippen molar-refractivity contribution in [2.75, 3.05) is 37.6 Å². The SMILES string of the molecule is Cl.O=C(NCCc1cn[nH]c1)c1cccc(-c2cccc(N3CCNCC3)c2)c1. The predicted molar refractivity (Wildman–Crippen MR) is 119 cm³/mol. The van der Waals surface area contributed by atoms with Gasteiger partial charge in [0.05, 0.1) is 6.20 Å². The van der Waals surface area contributed by atoms with Crippen LogP contribution in [-0.2, 0) is 6.42 Å². The van der Waals surface area contributed by atoms with Gasteiger partial charge in [0.25, 0.3) is 5.91 Å². The second-order valence-electron chi connectivity index (χ2n) is 6.98. The molecule has 6 nitrogen and oxygen atoms in total. The molecule has 0 saturated carbocycles. The fraction of sp³-hybridized carbons (Fsp3) is 0.273. The predicted octanol–water partition coefficient (Wildman–Crippen LogP) is 2.88. The average molecular weight is 412 g/mol. The number of anilines is 1. The number of H-pyrrole nitrogens is 1. The number of hydrogen-bond acceptors (Lipinski definition) is 4. The van der Waals surface area contributed by atoms with Crippen LogP contribution in [0.1, 0.15) is 15.9 Å². The molecule has 1 amide bonds. The number of aromatic amines is 1. The highest BCUT2D eigenvalue weighted by molar-refractivity contribution is 5.95. The number of nitrogens with one attached hydrogen (secondary N) is 3. The number of carbonyl (C=O) groups excluding carboxylic acids is 1. The molecule has 0 radical (unpaired) electrons. The number of hydrogen-bond donors (Lipinski definition) is 3. The molecule has 4 rings (SSSR count). The third kappa shape index (κ3) is 5.37. The molecule has 2 heterocycles. The number of aromatic nitrogens is 2. The first-order valence-electron chi connectivity index (χ1n) is 9.71. The van der Waals surface area contributed by atoms with E-state index in [0.29, 0.717) is 12.1 Å². The van der Waals surface area contributed by atoms with Crippen molar-refractivity contribution in [3.8, 4) is 11.1 Å². The summed E-state index contributed by atoms with van der Waals surface area (Å²) >= 11 is 0. The summed E-state index contributed by atoms with van der Waals surface area (Å²) in [4.78, 5) is 14.9. The van der Waals surface area contributed by atoms with Crippen molar-refractivity contribution < 1.29 is 4.79 Å². The Morgan fingerprint density at radius 1 is 1.07 bits per heavy atom. The summed E-state index contributed by atoms with van der Waals surface area (Å²) in [5, 5.41) is 13.1. The Kier molecular flexibility index (Phi) is 7.27. The van der Waals surface area contributed by atoms with E-state index < -0.39 is 0 Å². The molecule has 1 aromatic heterocycles. The first kappa shape index (κ1) is 20.9. The van der Waals surface area contributed by atoms with Crippen molar-refractivity contribution >= 4 is 24.0 Å². The molecule has 152 valence electrons. The van der Waals surface area contributed by atoms with Gasteiger partial charge in [-0.05, 0) is 47.4 Å². The van der Waals surface area contributed by atoms with Crippen LogP contribution >= 0.6 is 12.4 Å². The smallest absolute Gasteiger partial charge is 0.251 e. The molecular weight excluding hydrogens is 386 g/mol. The van der Waals surface area contributed by atoms with E-state index in [1.54, 1.807) is 6.20 Å². The fourth-order valence-electron chi connectivity index (χ4n) is 3.48. The lowest BCUT2D eigenvalue weighted by molar-refractivity contribution is 0.0954. The lowest BCUT2D eigenvalue weighted by Gasteiger charge is -2.29. The number of halogens is 1. The summed E-state index contributed by atoms with van der Waals surface area (Å²) in [6.45, 7) is 4.64. The second-order valence-corrected chi connectivity index (χ2v) is 6.98. The van der Waals surface area contributed by atoms with Gasteiger partial charge in [0.2, 0.25) is 0 Å². The molecule has 3 aromatic rings. The molecule has 1 saturated heterocycles. The van der Waals surface area contributed by atoms with Crippen LogP contribution in [-0.4, -0.2) is 48.8 Å². The van der Waals surface area contributed by atoms with E-state index in [9.17, 15) is 4.79 Å². The summed E-state index contributed by atoms with van der Waals surface area (Å²) in [5.41, 5.74) is 5.17. The first-order chi connectivity index (χ1) is 13.8. The minimum Gasteiger partial charge on any atom is -0.369 e. The van der Waals surface area contributed by atoms with Crippen LogP contribution in [0.2, 0.25) is 0 Å². The van der Waals surface area contributed by atoms with Gasteiger partial charge < -0.3 is 15.5 Å².